The number of hydrogen-bond acceptors (Lipinski definition) is 3. The van der Waals surface area contributed by atoms with Gasteiger partial charge < -0.3 is 15.2 Å². The molecule has 0 aliphatic heterocycles. The molecule has 0 bridgehead atoms. The molecule has 2 rings (SSSR count). The fourth-order valence-corrected chi connectivity index (χ4v) is 2.38. The molecule has 2 N–H and O–H groups in total. The van der Waals surface area contributed by atoms with E-state index in [0.717, 1.165) is 0 Å². The molecule has 0 saturated carbocycles. The van der Waals surface area contributed by atoms with Crippen molar-refractivity contribution < 1.29 is 14.0 Å². The summed E-state index contributed by atoms with van der Waals surface area (Å²) in [6.07, 6.45) is 3.36. The summed E-state index contributed by atoms with van der Waals surface area (Å²) < 4.78 is 15.4. The van der Waals surface area contributed by atoms with E-state index in [-0.39, 0.29) is 11.8 Å². The zero-order valence-corrected chi connectivity index (χ0v) is 15.7. The van der Waals surface area contributed by atoms with Gasteiger partial charge in [0, 0.05) is 24.9 Å². The molecule has 6 nitrogen and oxygen atoms in total. The zero-order chi connectivity index (χ0) is 19.5. The van der Waals surface area contributed by atoms with E-state index >= 15 is 0 Å². The maximum Gasteiger partial charge on any atom is 0.243 e. The van der Waals surface area contributed by atoms with Gasteiger partial charge in [0.15, 0.2) is 0 Å². The van der Waals surface area contributed by atoms with Crippen molar-refractivity contribution in [1.29, 1.82) is 0 Å². The summed E-state index contributed by atoms with van der Waals surface area (Å²) >= 11 is 0. The quantitative estimate of drug-likeness (QED) is 0.859. The van der Waals surface area contributed by atoms with Crippen molar-refractivity contribution in [2.24, 2.45) is 12.5 Å². The molecule has 0 saturated heterocycles. The van der Waals surface area contributed by atoms with Crippen molar-refractivity contribution in [3.05, 3.63) is 53.9 Å². The Balaban J connectivity index is 2.23. The van der Waals surface area contributed by atoms with Crippen molar-refractivity contribution >= 4 is 11.8 Å². The van der Waals surface area contributed by atoms with Crippen molar-refractivity contribution in [3.63, 3.8) is 0 Å². The number of rotatable bonds is 5. The van der Waals surface area contributed by atoms with Crippen LogP contribution in [0.1, 0.15) is 45.1 Å². The number of hydrogen-bond donors (Lipinski definition) is 2. The summed E-state index contributed by atoms with van der Waals surface area (Å²) in [7, 11) is 1.80. The normalized spacial score (nSPS) is 13.8. The van der Waals surface area contributed by atoms with Crippen LogP contribution in [0.2, 0.25) is 0 Å². The summed E-state index contributed by atoms with van der Waals surface area (Å²) in [6, 6.07) is 4.63. The highest BCUT2D eigenvalue weighted by Crippen LogP contribution is 2.21. The van der Waals surface area contributed by atoms with Gasteiger partial charge in [-0.05, 0) is 24.6 Å². The highest BCUT2D eigenvalue weighted by atomic mass is 19.1. The van der Waals surface area contributed by atoms with E-state index < -0.39 is 23.3 Å². The Morgan fingerprint density at radius 3 is 2.46 bits per heavy atom. The van der Waals surface area contributed by atoms with Crippen LogP contribution in [0.5, 0.6) is 0 Å². The van der Waals surface area contributed by atoms with Gasteiger partial charge in [0.2, 0.25) is 11.8 Å². The van der Waals surface area contributed by atoms with Gasteiger partial charge in [-0.1, -0.05) is 32.9 Å². The number of benzene rings is 1. The molecule has 0 aliphatic carbocycles. The Kier molecular flexibility index (Phi) is 5.79. The predicted octanol–water partition coefficient (Wildman–Crippen LogP) is 2.32. The SMILES string of the molecule is C[C@H](NC(=O)C(C)(C)C)C(=O)N[C@@H](c1cccc(F)c1)c1nccn1C. The third-order valence-electron chi connectivity index (χ3n) is 4.01. The summed E-state index contributed by atoms with van der Waals surface area (Å²) in [6.45, 7) is 6.93. The lowest BCUT2D eigenvalue weighted by molar-refractivity contribution is -0.133. The second kappa shape index (κ2) is 7.68. The lowest BCUT2D eigenvalue weighted by atomic mass is 9.95. The first-order chi connectivity index (χ1) is 12.1. The number of nitrogens with zero attached hydrogens (tertiary/aromatic N) is 2. The second-order valence-electron chi connectivity index (χ2n) is 7.34. The lowest BCUT2D eigenvalue weighted by Crippen LogP contribution is -2.49. The Morgan fingerprint density at radius 2 is 1.92 bits per heavy atom. The van der Waals surface area contributed by atoms with Crippen LogP contribution in [0.15, 0.2) is 36.7 Å². The van der Waals surface area contributed by atoms with E-state index in [0.29, 0.717) is 11.4 Å². The summed E-state index contributed by atoms with van der Waals surface area (Å²) in [5.41, 5.74) is -0.0297. The molecule has 0 unspecified atom stereocenters. The van der Waals surface area contributed by atoms with Crippen molar-refractivity contribution in [1.82, 2.24) is 20.2 Å². The average molecular weight is 360 g/mol. The summed E-state index contributed by atoms with van der Waals surface area (Å²) in [5.74, 6) is -0.428. The molecule has 26 heavy (non-hydrogen) atoms. The van der Waals surface area contributed by atoms with Crippen LogP contribution >= 0.6 is 0 Å². The van der Waals surface area contributed by atoms with Crippen LogP contribution in [0, 0.1) is 11.2 Å². The van der Waals surface area contributed by atoms with Crippen molar-refractivity contribution in [3.8, 4) is 0 Å². The fourth-order valence-electron chi connectivity index (χ4n) is 2.38. The monoisotopic (exact) mass is 360 g/mol. The number of aromatic nitrogens is 2. The molecule has 0 spiro atoms. The molecule has 1 heterocycles. The molecular weight excluding hydrogens is 335 g/mol. The van der Waals surface area contributed by atoms with Crippen LogP contribution in [-0.2, 0) is 16.6 Å². The van der Waals surface area contributed by atoms with Gasteiger partial charge in [-0.3, -0.25) is 9.59 Å². The second-order valence-corrected chi connectivity index (χ2v) is 7.34. The zero-order valence-electron chi connectivity index (χ0n) is 15.7. The van der Waals surface area contributed by atoms with Gasteiger partial charge in [0.05, 0.1) is 0 Å². The molecule has 2 atom stereocenters. The highest BCUT2D eigenvalue weighted by molar-refractivity contribution is 5.89. The largest absolute Gasteiger partial charge is 0.344 e. The number of amides is 2. The first-order valence-electron chi connectivity index (χ1n) is 8.43. The van der Waals surface area contributed by atoms with Gasteiger partial charge in [-0.25, -0.2) is 9.37 Å². The van der Waals surface area contributed by atoms with E-state index in [9.17, 15) is 14.0 Å². The van der Waals surface area contributed by atoms with E-state index in [2.05, 4.69) is 15.6 Å². The van der Waals surface area contributed by atoms with Crippen LogP contribution < -0.4 is 10.6 Å². The predicted molar refractivity (Wildman–Crippen MR) is 96.7 cm³/mol. The smallest absolute Gasteiger partial charge is 0.243 e. The number of carbonyl (C=O) groups excluding carboxylic acids is 2. The Hall–Kier alpha value is -2.70. The minimum Gasteiger partial charge on any atom is -0.344 e. The van der Waals surface area contributed by atoms with Gasteiger partial charge in [0.1, 0.15) is 23.7 Å². The summed E-state index contributed by atoms with van der Waals surface area (Å²) in [4.78, 5) is 29.0. The third-order valence-corrected chi connectivity index (χ3v) is 4.01. The van der Waals surface area contributed by atoms with E-state index in [1.165, 1.54) is 12.1 Å². The molecule has 0 fully saturated rings. The molecule has 0 aliphatic rings. The molecule has 1 aromatic carbocycles. The maximum absolute atomic E-state index is 13.7. The number of halogens is 1. The van der Waals surface area contributed by atoms with Crippen molar-refractivity contribution in [2.75, 3.05) is 0 Å². The minimum atomic E-state index is -0.738. The van der Waals surface area contributed by atoms with Crippen LogP contribution in [0.3, 0.4) is 0 Å². The number of carbonyl (C=O) groups is 2. The van der Waals surface area contributed by atoms with Gasteiger partial charge in [-0.2, -0.15) is 0 Å². The summed E-state index contributed by atoms with van der Waals surface area (Å²) in [5, 5.41) is 5.55. The molecule has 7 heteroatoms. The molecule has 2 aromatic rings. The van der Waals surface area contributed by atoms with Gasteiger partial charge in [0.25, 0.3) is 0 Å². The fraction of sp³-hybridized carbons (Fsp3) is 0.421. The van der Waals surface area contributed by atoms with Gasteiger partial charge in [-0.15, -0.1) is 0 Å². The number of aryl methyl sites for hydroxylation is 1. The third kappa shape index (κ3) is 4.68. The Labute approximate surface area is 152 Å². The molecule has 1 aromatic heterocycles. The maximum atomic E-state index is 13.7. The number of nitrogens with one attached hydrogen (secondary N) is 2. The van der Waals surface area contributed by atoms with Crippen LogP contribution in [0.25, 0.3) is 0 Å². The first kappa shape index (κ1) is 19.6. The van der Waals surface area contributed by atoms with Crippen molar-refractivity contribution in [2.45, 2.75) is 39.8 Å². The minimum absolute atomic E-state index is 0.223. The van der Waals surface area contributed by atoms with E-state index in [4.69, 9.17) is 0 Å². The standard InChI is InChI=1S/C19H25FN4O2/c1-12(22-18(26)19(2,3)4)17(25)23-15(16-21-9-10-24(16)5)13-7-6-8-14(20)11-13/h6-12,15H,1-5H3,(H,22,26)(H,23,25)/t12-,15-/m0/s1. The molecular formula is C19H25FN4O2. The molecule has 2 amide bonds. The Bertz CT molecular complexity index is 795. The van der Waals surface area contributed by atoms with Crippen LogP contribution in [-0.4, -0.2) is 27.4 Å². The molecule has 140 valence electrons. The first-order valence-corrected chi connectivity index (χ1v) is 8.43. The van der Waals surface area contributed by atoms with Crippen LogP contribution in [0.4, 0.5) is 4.39 Å². The number of imidazole rings is 1. The van der Waals surface area contributed by atoms with Gasteiger partial charge >= 0.3 is 0 Å². The van der Waals surface area contributed by atoms with E-state index in [1.807, 2.05) is 0 Å². The Morgan fingerprint density at radius 1 is 1.23 bits per heavy atom. The molecule has 0 radical (unpaired) electrons. The lowest BCUT2D eigenvalue weighted by Gasteiger charge is -2.24. The highest BCUT2D eigenvalue weighted by Gasteiger charge is 2.28. The topological polar surface area (TPSA) is 76.0 Å². The average Bonchev–Trinajstić information content (AvgIpc) is 2.97. The van der Waals surface area contributed by atoms with E-state index in [1.54, 1.807) is 63.8 Å².